The molecular formula is C57H42N8O4S. The summed E-state index contributed by atoms with van der Waals surface area (Å²) in [5.41, 5.74) is 12.1. The van der Waals surface area contributed by atoms with Crippen molar-refractivity contribution < 1.29 is 18.6 Å². The lowest BCUT2D eigenvalue weighted by molar-refractivity contribution is 0.477. The Balaban J connectivity index is 1.02. The molecule has 340 valence electrons. The molecule has 11 rings (SSSR count). The number of rotatable bonds is 8. The zero-order valence-electron chi connectivity index (χ0n) is 38.3. The van der Waals surface area contributed by atoms with Gasteiger partial charge in [0.25, 0.3) is 0 Å². The second-order valence-corrected chi connectivity index (χ2v) is 19.7. The maximum absolute atomic E-state index is 12.4. The Morgan fingerprint density at radius 1 is 0.614 bits per heavy atom. The normalized spacial score (nSPS) is 13.5. The van der Waals surface area contributed by atoms with Crippen LogP contribution in [0.1, 0.15) is 51.5 Å². The highest BCUT2D eigenvalue weighted by Crippen LogP contribution is 2.45. The van der Waals surface area contributed by atoms with Crippen LogP contribution in [0.2, 0.25) is 0 Å². The number of para-hydroxylation sites is 4. The number of fused-ring (bicyclic) bond motifs is 3. The molecule has 4 heterocycles. The maximum Gasteiger partial charge on any atom is 0.175 e. The molecule has 4 aromatic heterocycles. The third kappa shape index (κ3) is 7.23. The summed E-state index contributed by atoms with van der Waals surface area (Å²) in [6.07, 6.45) is 3.42. The molecule has 13 heteroatoms. The lowest BCUT2D eigenvalue weighted by Gasteiger charge is -2.27. The van der Waals surface area contributed by atoms with E-state index in [2.05, 4.69) is 30.3 Å². The number of benzene rings is 6. The fourth-order valence-electron chi connectivity index (χ4n) is 10.1. The summed E-state index contributed by atoms with van der Waals surface area (Å²) >= 11 is 0. The van der Waals surface area contributed by atoms with Gasteiger partial charge in [0.2, 0.25) is 0 Å². The first-order valence-corrected chi connectivity index (χ1v) is 24.6. The van der Waals surface area contributed by atoms with E-state index in [1.807, 2.05) is 85.3 Å². The highest BCUT2D eigenvalue weighted by molar-refractivity contribution is 7.90. The summed E-state index contributed by atoms with van der Waals surface area (Å²) in [7, 11) is -3.49. The van der Waals surface area contributed by atoms with Crippen LogP contribution in [0.3, 0.4) is 0 Å². The number of phenolic OH excluding ortho intramolecular Hbond substituents is 2. The van der Waals surface area contributed by atoms with Gasteiger partial charge in [0.1, 0.15) is 23.6 Å². The number of sulfone groups is 1. The van der Waals surface area contributed by atoms with E-state index in [0.717, 1.165) is 53.6 Å². The van der Waals surface area contributed by atoms with E-state index < -0.39 is 9.84 Å². The summed E-state index contributed by atoms with van der Waals surface area (Å²) in [6.45, 7) is 3.77. The number of nitrogens with zero attached hydrogens (tertiary/aromatic N) is 8. The number of hydrogen-bond acceptors (Lipinski definition) is 10. The van der Waals surface area contributed by atoms with Crippen molar-refractivity contribution in [3.05, 3.63) is 185 Å². The molecular weight excluding hydrogens is 893 g/mol. The first kappa shape index (κ1) is 43.6. The molecule has 2 N–H and O–H groups in total. The molecule has 1 atom stereocenters. The third-order valence-electron chi connectivity index (χ3n) is 13.4. The SMILES string of the molecule is Cc1nn(-c2ccccc2)c2nc(-c3ccc4c(c3)CCC(c3ccccc3-n3nc(C)c5c(-c6ccccc6O)c(C#N)c(-c6ccc(S(C)(=O)=O)cc6)nc53)C4)c(C#N)c(-c3ccccc3O)c12. The van der Waals surface area contributed by atoms with Gasteiger partial charge < -0.3 is 10.2 Å². The van der Waals surface area contributed by atoms with Gasteiger partial charge in [0.05, 0.1) is 60.9 Å². The lowest BCUT2D eigenvalue weighted by atomic mass is 9.79. The molecule has 12 nitrogen and oxygen atoms in total. The van der Waals surface area contributed by atoms with Crippen molar-refractivity contribution in [3.8, 4) is 79.8 Å². The molecule has 0 spiro atoms. The van der Waals surface area contributed by atoms with Crippen molar-refractivity contribution in [1.29, 1.82) is 10.5 Å². The van der Waals surface area contributed by atoms with E-state index in [1.54, 1.807) is 53.2 Å². The molecule has 1 aliphatic carbocycles. The molecule has 70 heavy (non-hydrogen) atoms. The minimum absolute atomic E-state index is 0.00791. The number of pyridine rings is 2. The summed E-state index contributed by atoms with van der Waals surface area (Å²) in [6, 6.07) is 49.2. The zero-order valence-corrected chi connectivity index (χ0v) is 39.1. The Bertz CT molecular complexity index is 3980. The van der Waals surface area contributed by atoms with Gasteiger partial charge in [-0.15, -0.1) is 0 Å². The molecule has 0 saturated heterocycles. The average Bonchev–Trinajstić information content (AvgIpc) is 3.90. The van der Waals surface area contributed by atoms with Crippen LogP contribution in [-0.2, 0) is 22.7 Å². The molecule has 6 aromatic carbocycles. The molecule has 0 bridgehead atoms. The largest absolute Gasteiger partial charge is 0.507 e. The Hall–Kier alpha value is -8.91. The number of aromatic hydroxyl groups is 2. The molecule has 0 amide bonds. The zero-order chi connectivity index (χ0) is 48.4. The molecule has 0 aliphatic heterocycles. The number of nitriles is 2. The van der Waals surface area contributed by atoms with Gasteiger partial charge in [-0.3, -0.25) is 0 Å². The first-order valence-electron chi connectivity index (χ1n) is 22.7. The van der Waals surface area contributed by atoms with E-state index in [4.69, 9.17) is 20.2 Å². The molecule has 0 radical (unpaired) electrons. The summed E-state index contributed by atoms with van der Waals surface area (Å²) in [5.74, 6) is 0.124. The first-order chi connectivity index (χ1) is 33.9. The Morgan fingerprint density at radius 2 is 1.14 bits per heavy atom. The van der Waals surface area contributed by atoms with Crippen molar-refractivity contribution >= 4 is 31.9 Å². The molecule has 1 aliphatic rings. The third-order valence-corrected chi connectivity index (χ3v) is 14.5. The van der Waals surface area contributed by atoms with Crippen LogP contribution in [-0.4, -0.2) is 54.4 Å². The van der Waals surface area contributed by atoms with Gasteiger partial charge >= 0.3 is 0 Å². The number of aryl methyl sites for hydroxylation is 3. The van der Waals surface area contributed by atoms with Gasteiger partial charge in [0, 0.05) is 39.6 Å². The molecule has 0 fully saturated rings. The Labute approximate surface area is 403 Å². The smallest absolute Gasteiger partial charge is 0.175 e. The van der Waals surface area contributed by atoms with Crippen LogP contribution in [0, 0.1) is 36.5 Å². The minimum Gasteiger partial charge on any atom is -0.507 e. The van der Waals surface area contributed by atoms with E-state index in [0.29, 0.717) is 78.2 Å². The van der Waals surface area contributed by atoms with E-state index in [-0.39, 0.29) is 27.9 Å². The Morgan fingerprint density at radius 3 is 1.74 bits per heavy atom. The highest BCUT2D eigenvalue weighted by atomic mass is 32.2. The minimum atomic E-state index is -3.49. The second-order valence-electron chi connectivity index (χ2n) is 17.7. The van der Waals surface area contributed by atoms with E-state index in [1.165, 1.54) is 17.7 Å². The summed E-state index contributed by atoms with van der Waals surface area (Å²) in [4.78, 5) is 10.5. The van der Waals surface area contributed by atoms with Gasteiger partial charge in [-0.2, -0.15) is 20.7 Å². The summed E-state index contributed by atoms with van der Waals surface area (Å²) < 4.78 is 28.5. The van der Waals surface area contributed by atoms with Crippen molar-refractivity contribution in [1.82, 2.24) is 29.5 Å². The number of phenols is 2. The van der Waals surface area contributed by atoms with E-state index >= 15 is 0 Å². The highest BCUT2D eigenvalue weighted by Gasteiger charge is 2.30. The number of hydrogen-bond donors (Lipinski definition) is 2. The predicted octanol–water partition coefficient (Wildman–Crippen LogP) is 11.3. The summed E-state index contributed by atoms with van der Waals surface area (Å²) in [5, 5.41) is 55.6. The van der Waals surface area contributed by atoms with Crippen LogP contribution >= 0.6 is 0 Å². The topological polar surface area (TPSA) is 184 Å². The van der Waals surface area contributed by atoms with Gasteiger partial charge in [-0.1, -0.05) is 97.1 Å². The number of aromatic nitrogens is 6. The molecule has 1 unspecified atom stereocenters. The predicted molar refractivity (Wildman–Crippen MR) is 270 cm³/mol. The van der Waals surface area contributed by atoms with Crippen molar-refractivity contribution in [2.75, 3.05) is 6.26 Å². The van der Waals surface area contributed by atoms with Crippen LogP contribution in [0.5, 0.6) is 11.5 Å². The second kappa shape index (κ2) is 17.0. The van der Waals surface area contributed by atoms with Gasteiger partial charge in [-0.25, -0.2) is 27.7 Å². The monoisotopic (exact) mass is 934 g/mol. The van der Waals surface area contributed by atoms with Crippen molar-refractivity contribution in [3.63, 3.8) is 0 Å². The van der Waals surface area contributed by atoms with Crippen LogP contribution in [0.25, 0.3) is 78.2 Å². The van der Waals surface area contributed by atoms with Crippen LogP contribution in [0.4, 0.5) is 0 Å². The lowest BCUT2D eigenvalue weighted by Crippen LogP contribution is -2.15. The van der Waals surface area contributed by atoms with Crippen LogP contribution in [0.15, 0.2) is 150 Å². The fraction of sp³-hybridized carbons (Fsp3) is 0.123. The fourth-order valence-corrected chi connectivity index (χ4v) is 10.8. The van der Waals surface area contributed by atoms with Crippen molar-refractivity contribution in [2.45, 2.75) is 43.9 Å². The van der Waals surface area contributed by atoms with Crippen molar-refractivity contribution in [2.24, 2.45) is 0 Å². The van der Waals surface area contributed by atoms with Crippen LogP contribution < -0.4 is 0 Å². The quantitative estimate of drug-likeness (QED) is 0.149. The van der Waals surface area contributed by atoms with Gasteiger partial charge in [0.15, 0.2) is 21.1 Å². The average molecular weight is 935 g/mol. The maximum atomic E-state index is 12.4. The van der Waals surface area contributed by atoms with E-state index in [9.17, 15) is 29.2 Å². The molecule has 10 aromatic rings. The standard InChI is InChI=1S/C57H42N8O4S/c1-33-50-53(44-17-9-12-20-49(44)67)46(32-59)55(61-56(50)64(62-33)40-13-5-4-6-14-40)39-24-22-36-29-38(23-21-37(36)30-39)42-15-7-10-18-47(42)65-57-51(34(2)63-65)52(43-16-8-11-19-48(43)66)45(31-58)54(60-57)35-25-27-41(28-26-35)70(3,68)69/h4-20,22,24-28,30,38,66-67H,21,23,29H2,1-3H3. The Kier molecular flexibility index (Phi) is 10.6. The van der Waals surface area contributed by atoms with Gasteiger partial charge in [-0.05, 0) is 104 Å². The molecule has 0 saturated carbocycles.